The maximum atomic E-state index is 12.3. The zero-order valence-electron chi connectivity index (χ0n) is 13.9. The Morgan fingerprint density at radius 1 is 1.08 bits per heavy atom. The van der Waals surface area contributed by atoms with Crippen LogP contribution in [-0.2, 0) is 9.84 Å². The van der Waals surface area contributed by atoms with Gasteiger partial charge in [0.1, 0.15) is 0 Å². The fraction of sp³-hybridized carbons (Fsp3) is 0.222. The highest BCUT2D eigenvalue weighted by Gasteiger charge is 2.16. The minimum atomic E-state index is -3.32. The van der Waals surface area contributed by atoms with Crippen LogP contribution < -0.4 is 9.47 Å². The molecule has 2 rings (SSSR count). The van der Waals surface area contributed by atoms with E-state index in [1.54, 1.807) is 13.8 Å². The van der Waals surface area contributed by atoms with Crippen LogP contribution in [0.3, 0.4) is 0 Å². The number of rotatable bonds is 6. The number of benzene rings is 2. The summed E-state index contributed by atoms with van der Waals surface area (Å²) in [6, 6.07) is 12.0. The van der Waals surface area contributed by atoms with Gasteiger partial charge in [-0.3, -0.25) is 0 Å². The van der Waals surface area contributed by atoms with E-state index in [0.717, 1.165) is 0 Å². The topological polar surface area (TPSA) is 93.5 Å². The van der Waals surface area contributed by atoms with Crippen LogP contribution in [0.5, 0.6) is 11.5 Å². The molecule has 0 fully saturated rings. The molecule has 0 N–H and O–H groups in total. The summed E-state index contributed by atoms with van der Waals surface area (Å²) in [4.78, 5) is 12.4. The first-order chi connectivity index (χ1) is 11.9. The average Bonchev–Trinajstić information content (AvgIpc) is 2.63. The fourth-order valence-corrected chi connectivity index (χ4v) is 2.94. The van der Waals surface area contributed by atoms with Crippen LogP contribution >= 0.6 is 0 Å². The smallest absolute Gasteiger partial charge is 0.343 e. The van der Waals surface area contributed by atoms with Crippen LogP contribution in [0.4, 0.5) is 0 Å². The zero-order chi connectivity index (χ0) is 18.4. The van der Waals surface area contributed by atoms with Gasteiger partial charge < -0.3 is 9.47 Å². The molecule has 25 heavy (non-hydrogen) atoms. The van der Waals surface area contributed by atoms with Gasteiger partial charge in [0.05, 0.1) is 34.5 Å². The number of nitriles is 1. The van der Waals surface area contributed by atoms with Gasteiger partial charge in [-0.05, 0) is 43.3 Å². The Hall–Kier alpha value is -2.85. The lowest BCUT2D eigenvalue weighted by atomic mass is 10.2. The third kappa shape index (κ3) is 4.37. The van der Waals surface area contributed by atoms with Crippen LogP contribution in [0.1, 0.15) is 29.8 Å². The number of carbonyl (C=O) groups excluding carboxylic acids is 1. The first-order valence-electron chi connectivity index (χ1n) is 7.63. The summed E-state index contributed by atoms with van der Waals surface area (Å²) in [7, 11) is -3.32. The molecule has 0 amide bonds. The van der Waals surface area contributed by atoms with Crippen molar-refractivity contribution in [3.05, 3.63) is 53.6 Å². The Morgan fingerprint density at radius 2 is 1.76 bits per heavy atom. The summed E-state index contributed by atoms with van der Waals surface area (Å²) in [6.07, 6.45) is 0. The highest BCUT2D eigenvalue weighted by atomic mass is 32.2. The molecule has 0 radical (unpaired) electrons. The maximum Gasteiger partial charge on any atom is 0.343 e. The normalized spacial score (nSPS) is 10.8. The average molecular weight is 359 g/mol. The number of sulfone groups is 1. The van der Waals surface area contributed by atoms with Crippen molar-refractivity contribution in [3.8, 4) is 17.6 Å². The maximum absolute atomic E-state index is 12.3. The number of nitrogens with zero attached hydrogens (tertiary/aromatic N) is 1. The molecule has 0 bridgehead atoms. The summed E-state index contributed by atoms with van der Waals surface area (Å²) >= 11 is 0. The molecule has 0 aliphatic heterocycles. The van der Waals surface area contributed by atoms with Crippen molar-refractivity contribution in [2.75, 3.05) is 12.4 Å². The molecule has 6 nitrogen and oxygen atoms in total. The molecule has 2 aromatic rings. The molecule has 0 unspecified atom stereocenters. The van der Waals surface area contributed by atoms with E-state index >= 15 is 0 Å². The lowest BCUT2D eigenvalue weighted by Crippen LogP contribution is -2.10. The second kappa shape index (κ2) is 7.81. The molecule has 0 aliphatic rings. The molecule has 0 saturated carbocycles. The van der Waals surface area contributed by atoms with Crippen LogP contribution in [0.15, 0.2) is 47.4 Å². The van der Waals surface area contributed by atoms with E-state index in [9.17, 15) is 13.2 Å². The van der Waals surface area contributed by atoms with Gasteiger partial charge in [0.15, 0.2) is 21.3 Å². The molecule has 0 heterocycles. The molecule has 0 aliphatic carbocycles. The van der Waals surface area contributed by atoms with Gasteiger partial charge in [0, 0.05) is 6.07 Å². The molecule has 130 valence electrons. The van der Waals surface area contributed by atoms with Crippen molar-refractivity contribution in [1.82, 2.24) is 0 Å². The summed E-state index contributed by atoms with van der Waals surface area (Å²) in [5, 5.41) is 8.93. The zero-order valence-corrected chi connectivity index (χ0v) is 14.7. The molecular formula is C18H17NO5S. The van der Waals surface area contributed by atoms with Gasteiger partial charge in [0.25, 0.3) is 0 Å². The van der Waals surface area contributed by atoms with E-state index < -0.39 is 15.8 Å². The predicted octanol–water partition coefficient (Wildman–Crippen LogP) is 2.97. The van der Waals surface area contributed by atoms with Crippen LogP contribution in [0.2, 0.25) is 0 Å². The van der Waals surface area contributed by atoms with Gasteiger partial charge in [-0.1, -0.05) is 6.92 Å². The van der Waals surface area contributed by atoms with E-state index in [4.69, 9.17) is 14.7 Å². The minimum absolute atomic E-state index is 0.0141. The van der Waals surface area contributed by atoms with Crippen LogP contribution in [-0.4, -0.2) is 26.7 Å². The van der Waals surface area contributed by atoms with E-state index in [0.29, 0.717) is 17.9 Å². The standard InChI is InChI=1S/C18H17NO5S/c1-3-23-17-11-13(12-19)5-10-16(17)24-18(20)14-6-8-15(9-7-14)25(21,22)4-2/h5-11H,3-4H2,1-2H3. The summed E-state index contributed by atoms with van der Waals surface area (Å²) in [5.41, 5.74) is 0.597. The van der Waals surface area contributed by atoms with E-state index in [1.165, 1.54) is 42.5 Å². The predicted molar refractivity (Wildman–Crippen MR) is 91.5 cm³/mol. The summed E-state index contributed by atoms with van der Waals surface area (Å²) in [5.74, 6) is -0.179. The van der Waals surface area contributed by atoms with Gasteiger partial charge in [-0.15, -0.1) is 0 Å². The fourth-order valence-electron chi connectivity index (χ4n) is 2.05. The SMILES string of the molecule is CCOc1cc(C#N)ccc1OC(=O)c1ccc(S(=O)(=O)CC)cc1. The van der Waals surface area contributed by atoms with Gasteiger partial charge in [-0.2, -0.15) is 5.26 Å². The van der Waals surface area contributed by atoms with E-state index in [1.807, 2.05) is 6.07 Å². The molecule has 2 aromatic carbocycles. The van der Waals surface area contributed by atoms with Gasteiger partial charge in [-0.25, -0.2) is 13.2 Å². The van der Waals surface area contributed by atoms with Crippen molar-refractivity contribution in [1.29, 1.82) is 5.26 Å². The Balaban J connectivity index is 2.24. The minimum Gasteiger partial charge on any atom is -0.490 e. The Morgan fingerprint density at radius 3 is 2.32 bits per heavy atom. The Labute approximate surface area is 146 Å². The van der Waals surface area contributed by atoms with Crippen molar-refractivity contribution in [2.24, 2.45) is 0 Å². The number of ether oxygens (including phenoxy) is 2. The van der Waals surface area contributed by atoms with Gasteiger partial charge in [0.2, 0.25) is 0 Å². The van der Waals surface area contributed by atoms with Crippen molar-refractivity contribution < 1.29 is 22.7 Å². The van der Waals surface area contributed by atoms with Crippen LogP contribution in [0, 0.1) is 11.3 Å². The second-order valence-electron chi connectivity index (χ2n) is 5.02. The van der Waals surface area contributed by atoms with Crippen molar-refractivity contribution in [2.45, 2.75) is 18.7 Å². The summed E-state index contributed by atoms with van der Waals surface area (Å²) < 4.78 is 34.3. The summed E-state index contributed by atoms with van der Waals surface area (Å²) in [6.45, 7) is 3.68. The quantitative estimate of drug-likeness (QED) is 0.581. The largest absolute Gasteiger partial charge is 0.490 e. The number of carbonyl (C=O) groups is 1. The van der Waals surface area contributed by atoms with Gasteiger partial charge >= 0.3 is 5.97 Å². The number of hydrogen-bond acceptors (Lipinski definition) is 6. The highest BCUT2D eigenvalue weighted by molar-refractivity contribution is 7.91. The second-order valence-corrected chi connectivity index (χ2v) is 7.30. The van der Waals surface area contributed by atoms with Crippen molar-refractivity contribution >= 4 is 15.8 Å². The highest BCUT2D eigenvalue weighted by Crippen LogP contribution is 2.29. The Kier molecular flexibility index (Phi) is 5.78. The monoisotopic (exact) mass is 359 g/mol. The molecular weight excluding hydrogens is 342 g/mol. The lowest BCUT2D eigenvalue weighted by molar-refractivity contribution is 0.0728. The lowest BCUT2D eigenvalue weighted by Gasteiger charge is -2.11. The number of esters is 1. The van der Waals surface area contributed by atoms with Crippen molar-refractivity contribution in [3.63, 3.8) is 0 Å². The third-order valence-corrected chi connectivity index (χ3v) is 5.15. The molecule has 0 spiro atoms. The Bertz CT molecular complexity index is 911. The molecule has 0 aromatic heterocycles. The third-order valence-electron chi connectivity index (χ3n) is 3.40. The molecule has 0 atom stereocenters. The number of hydrogen-bond donors (Lipinski definition) is 0. The molecule has 7 heteroatoms. The van der Waals surface area contributed by atoms with E-state index in [2.05, 4.69) is 0 Å². The van der Waals surface area contributed by atoms with Crippen LogP contribution in [0.25, 0.3) is 0 Å². The first kappa shape index (κ1) is 18.5. The molecule has 0 saturated heterocycles. The first-order valence-corrected chi connectivity index (χ1v) is 9.28. The van der Waals surface area contributed by atoms with E-state index in [-0.39, 0.29) is 22.0 Å².